The van der Waals surface area contributed by atoms with E-state index < -0.39 is 0 Å². The number of pyridine rings is 1. The molecule has 0 unspecified atom stereocenters. The first-order valence-corrected chi connectivity index (χ1v) is 7.39. The van der Waals surface area contributed by atoms with Gasteiger partial charge in [-0.25, -0.2) is 4.98 Å². The third-order valence-corrected chi connectivity index (χ3v) is 4.10. The molecule has 1 aromatic carbocycles. The van der Waals surface area contributed by atoms with Crippen LogP contribution in [0.4, 0.5) is 5.69 Å². The van der Waals surface area contributed by atoms with Crippen molar-refractivity contribution >= 4 is 60.7 Å². The van der Waals surface area contributed by atoms with E-state index in [1.807, 2.05) is 24.3 Å². The maximum absolute atomic E-state index is 5.90. The highest BCUT2D eigenvalue weighted by molar-refractivity contribution is 9.10. The van der Waals surface area contributed by atoms with Crippen LogP contribution in [-0.2, 0) is 6.54 Å². The predicted octanol–water partition coefficient (Wildman–Crippen LogP) is 5.53. The van der Waals surface area contributed by atoms with Crippen LogP contribution in [0.2, 0.25) is 10.0 Å². The topological polar surface area (TPSA) is 24.9 Å². The average molecular weight is 411 g/mol. The van der Waals surface area contributed by atoms with E-state index in [0.717, 1.165) is 20.3 Å². The number of benzene rings is 1. The van der Waals surface area contributed by atoms with Gasteiger partial charge < -0.3 is 5.32 Å². The minimum atomic E-state index is 0.593. The quantitative estimate of drug-likeness (QED) is 0.673. The molecular weight excluding hydrogens is 403 g/mol. The standard InChI is InChI=1S/C12H8Br2Cl2N2/c13-10-3-8(15)2-1-7(10)5-17-11-4-9(16)6-18-12(11)14/h1-4,6,17H,5H2. The lowest BCUT2D eigenvalue weighted by Crippen LogP contribution is -2.01. The molecule has 2 rings (SSSR count). The van der Waals surface area contributed by atoms with Crippen molar-refractivity contribution in [2.45, 2.75) is 6.54 Å². The number of aromatic nitrogens is 1. The number of rotatable bonds is 3. The van der Waals surface area contributed by atoms with Crippen LogP contribution in [0.5, 0.6) is 0 Å². The van der Waals surface area contributed by atoms with Crippen LogP contribution in [0.1, 0.15) is 5.56 Å². The molecule has 1 heterocycles. The van der Waals surface area contributed by atoms with E-state index in [9.17, 15) is 0 Å². The molecule has 0 bridgehead atoms. The number of hydrogen-bond donors (Lipinski definition) is 1. The first-order valence-electron chi connectivity index (χ1n) is 5.05. The number of halogens is 4. The van der Waals surface area contributed by atoms with Crippen molar-refractivity contribution in [1.82, 2.24) is 4.98 Å². The van der Waals surface area contributed by atoms with Crippen molar-refractivity contribution in [1.29, 1.82) is 0 Å². The van der Waals surface area contributed by atoms with E-state index in [1.165, 1.54) is 0 Å². The first-order chi connectivity index (χ1) is 8.56. The third kappa shape index (κ3) is 3.60. The van der Waals surface area contributed by atoms with E-state index in [4.69, 9.17) is 23.2 Å². The van der Waals surface area contributed by atoms with Gasteiger partial charge in [-0.15, -0.1) is 0 Å². The van der Waals surface area contributed by atoms with Gasteiger partial charge in [0.05, 0.1) is 10.7 Å². The second-order valence-electron chi connectivity index (χ2n) is 3.58. The van der Waals surface area contributed by atoms with Crippen LogP contribution in [0.25, 0.3) is 0 Å². The summed E-state index contributed by atoms with van der Waals surface area (Å²) in [7, 11) is 0. The lowest BCUT2D eigenvalue weighted by atomic mass is 10.2. The highest BCUT2D eigenvalue weighted by atomic mass is 79.9. The van der Waals surface area contributed by atoms with Gasteiger partial charge in [0.25, 0.3) is 0 Å². The Morgan fingerprint density at radius 2 is 1.89 bits per heavy atom. The number of nitrogens with one attached hydrogen (secondary N) is 1. The van der Waals surface area contributed by atoms with Crippen LogP contribution in [0.3, 0.4) is 0 Å². The molecule has 0 aliphatic carbocycles. The van der Waals surface area contributed by atoms with Gasteiger partial charge >= 0.3 is 0 Å². The molecule has 0 atom stereocenters. The molecule has 0 aliphatic heterocycles. The average Bonchev–Trinajstić information content (AvgIpc) is 2.32. The molecule has 0 spiro atoms. The number of nitrogens with zero attached hydrogens (tertiary/aromatic N) is 1. The van der Waals surface area contributed by atoms with Gasteiger partial charge in [0.2, 0.25) is 0 Å². The maximum Gasteiger partial charge on any atom is 0.129 e. The predicted molar refractivity (Wildman–Crippen MR) is 83.4 cm³/mol. The summed E-state index contributed by atoms with van der Waals surface area (Å²) in [6.07, 6.45) is 1.59. The smallest absolute Gasteiger partial charge is 0.129 e. The maximum atomic E-state index is 5.90. The highest BCUT2D eigenvalue weighted by Crippen LogP contribution is 2.26. The SMILES string of the molecule is Clc1ccc(CNc2cc(Cl)cnc2Br)c(Br)c1. The largest absolute Gasteiger partial charge is 0.379 e. The summed E-state index contributed by atoms with van der Waals surface area (Å²) in [5.41, 5.74) is 1.95. The summed E-state index contributed by atoms with van der Waals surface area (Å²) >= 11 is 18.6. The van der Waals surface area contributed by atoms with Crippen LogP contribution in [0.15, 0.2) is 39.5 Å². The Hall–Kier alpha value is -0.290. The molecule has 0 fully saturated rings. The molecule has 18 heavy (non-hydrogen) atoms. The molecule has 0 amide bonds. The second kappa shape index (κ2) is 6.24. The molecule has 1 N–H and O–H groups in total. The molecule has 0 saturated carbocycles. The number of anilines is 1. The molecule has 94 valence electrons. The van der Waals surface area contributed by atoms with Crippen molar-refractivity contribution < 1.29 is 0 Å². The normalized spacial score (nSPS) is 10.4. The van der Waals surface area contributed by atoms with Crippen molar-refractivity contribution in [2.24, 2.45) is 0 Å². The fourth-order valence-corrected chi connectivity index (χ4v) is 2.74. The lowest BCUT2D eigenvalue weighted by Gasteiger charge is -2.10. The van der Waals surface area contributed by atoms with Gasteiger partial charge in [-0.1, -0.05) is 45.2 Å². The molecule has 6 heteroatoms. The Labute approximate surface area is 132 Å². The van der Waals surface area contributed by atoms with E-state index >= 15 is 0 Å². The van der Waals surface area contributed by atoms with Gasteiger partial charge in [0.15, 0.2) is 0 Å². The van der Waals surface area contributed by atoms with Crippen LogP contribution in [0, 0.1) is 0 Å². The zero-order chi connectivity index (χ0) is 13.1. The number of hydrogen-bond acceptors (Lipinski definition) is 2. The van der Waals surface area contributed by atoms with Gasteiger partial charge in [-0.2, -0.15) is 0 Å². The van der Waals surface area contributed by atoms with Crippen molar-refractivity contribution in [3.8, 4) is 0 Å². The Morgan fingerprint density at radius 1 is 1.11 bits per heavy atom. The molecular formula is C12H8Br2Cl2N2. The van der Waals surface area contributed by atoms with Gasteiger partial charge in [-0.05, 0) is 39.7 Å². The zero-order valence-corrected chi connectivity index (χ0v) is 13.7. The fraction of sp³-hybridized carbons (Fsp3) is 0.0833. The third-order valence-electron chi connectivity index (χ3n) is 2.29. The van der Waals surface area contributed by atoms with Gasteiger partial charge in [0, 0.05) is 22.2 Å². The van der Waals surface area contributed by atoms with Crippen LogP contribution < -0.4 is 5.32 Å². The first kappa shape index (κ1) is 14.1. The van der Waals surface area contributed by atoms with E-state index in [-0.39, 0.29) is 0 Å². The van der Waals surface area contributed by atoms with Crippen LogP contribution in [-0.4, -0.2) is 4.98 Å². The Bertz CT molecular complexity index is 576. The summed E-state index contributed by atoms with van der Waals surface area (Å²) in [5.74, 6) is 0. The van der Waals surface area contributed by atoms with Gasteiger partial charge in [0.1, 0.15) is 4.60 Å². The van der Waals surface area contributed by atoms with E-state index in [1.54, 1.807) is 6.20 Å². The molecule has 0 radical (unpaired) electrons. The van der Waals surface area contributed by atoms with Crippen molar-refractivity contribution in [2.75, 3.05) is 5.32 Å². The van der Waals surface area contributed by atoms with Crippen molar-refractivity contribution in [3.63, 3.8) is 0 Å². The minimum Gasteiger partial charge on any atom is -0.379 e. The van der Waals surface area contributed by atoms with Crippen molar-refractivity contribution in [3.05, 3.63) is 55.1 Å². The molecule has 0 saturated heterocycles. The molecule has 2 aromatic rings. The lowest BCUT2D eigenvalue weighted by molar-refractivity contribution is 1.12. The van der Waals surface area contributed by atoms with E-state index in [0.29, 0.717) is 16.6 Å². The second-order valence-corrected chi connectivity index (χ2v) is 6.06. The van der Waals surface area contributed by atoms with Gasteiger partial charge in [-0.3, -0.25) is 0 Å². The Balaban J connectivity index is 2.13. The van der Waals surface area contributed by atoms with E-state index in [2.05, 4.69) is 42.2 Å². The Morgan fingerprint density at radius 3 is 2.61 bits per heavy atom. The molecule has 2 nitrogen and oxygen atoms in total. The molecule has 0 aliphatic rings. The monoisotopic (exact) mass is 408 g/mol. The molecule has 1 aromatic heterocycles. The zero-order valence-electron chi connectivity index (χ0n) is 9.05. The summed E-state index contributed by atoms with van der Waals surface area (Å²) in [5, 5.41) is 4.56. The summed E-state index contributed by atoms with van der Waals surface area (Å²) < 4.78 is 1.70. The Kier molecular flexibility index (Phi) is 4.90. The fourth-order valence-electron chi connectivity index (χ4n) is 1.40. The summed E-state index contributed by atoms with van der Waals surface area (Å²) in [4.78, 5) is 4.12. The highest BCUT2D eigenvalue weighted by Gasteiger charge is 2.04. The summed E-state index contributed by atoms with van der Waals surface area (Å²) in [6.45, 7) is 0.651. The minimum absolute atomic E-state index is 0.593. The summed E-state index contributed by atoms with van der Waals surface area (Å²) in [6, 6.07) is 7.51. The van der Waals surface area contributed by atoms with Crippen LogP contribution >= 0.6 is 55.1 Å².